The zero-order chi connectivity index (χ0) is 20.2. The van der Waals surface area contributed by atoms with Crippen molar-refractivity contribution in [3.63, 3.8) is 0 Å². The van der Waals surface area contributed by atoms with Crippen LogP contribution in [0.1, 0.15) is 44.6 Å². The predicted octanol–water partition coefficient (Wildman–Crippen LogP) is 3.90. The van der Waals surface area contributed by atoms with Gasteiger partial charge in [-0.3, -0.25) is 4.99 Å². The van der Waals surface area contributed by atoms with Gasteiger partial charge in [-0.15, -0.1) is 24.0 Å². The van der Waals surface area contributed by atoms with Crippen LogP contribution in [0.3, 0.4) is 0 Å². The fourth-order valence-electron chi connectivity index (χ4n) is 3.43. The Labute approximate surface area is 193 Å². The number of para-hydroxylation sites is 1. The third kappa shape index (κ3) is 9.09. The highest BCUT2D eigenvalue weighted by Crippen LogP contribution is 2.25. The van der Waals surface area contributed by atoms with E-state index in [-0.39, 0.29) is 24.0 Å². The molecule has 0 amide bonds. The van der Waals surface area contributed by atoms with Crippen molar-refractivity contribution >= 4 is 29.9 Å². The summed E-state index contributed by atoms with van der Waals surface area (Å²) in [6, 6.07) is 8.26. The van der Waals surface area contributed by atoms with E-state index in [1.165, 1.54) is 5.56 Å². The van der Waals surface area contributed by atoms with E-state index in [4.69, 9.17) is 14.2 Å². The summed E-state index contributed by atoms with van der Waals surface area (Å²) in [4.78, 5) is 6.73. The van der Waals surface area contributed by atoms with Crippen LogP contribution in [-0.4, -0.2) is 70.6 Å². The maximum Gasteiger partial charge on any atom is 0.193 e. The molecule has 1 fully saturated rings. The van der Waals surface area contributed by atoms with E-state index in [1.807, 2.05) is 19.2 Å². The summed E-state index contributed by atoms with van der Waals surface area (Å²) in [6.45, 7) is 9.19. The highest BCUT2D eigenvalue weighted by molar-refractivity contribution is 14.0. The van der Waals surface area contributed by atoms with Crippen molar-refractivity contribution in [2.24, 2.45) is 4.99 Å². The number of methoxy groups -OCH3 is 1. The summed E-state index contributed by atoms with van der Waals surface area (Å²) in [7, 11) is 3.57. The zero-order valence-corrected chi connectivity index (χ0v) is 20.7. The molecule has 0 aromatic heterocycles. The average Bonchev–Trinajstić information content (AvgIpc) is 2.72. The number of rotatable bonds is 10. The summed E-state index contributed by atoms with van der Waals surface area (Å²) in [5.41, 5.74) is 1.25. The summed E-state index contributed by atoms with van der Waals surface area (Å²) in [6.07, 6.45) is 3.37. The van der Waals surface area contributed by atoms with Crippen molar-refractivity contribution in [2.75, 3.05) is 53.6 Å². The molecular formula is C22H38IN3O3. The van der Waals surface area contributed by atoms with Crippen LogP contribution in [0, 0.1) is 0 Å². The highest BCUT2D eigenvalue weighted by Gasteiger charge is 2.21. The smallest absolute Gasteiger partial charge is 0.193 e. The first-order valence-corrected chi connectivity index (χ1v) is 10.4. The fourth-order valence-corrected chi connectivity index (χ4v) is 3.43. The Morgan fingerprint density at radius 1 is 1.17 bits per heavy atom. The molecule has 6 nitrogen and oxygen atoms in total. The molecule has 0 atom stereocenters. The molecule has 0 saturated carbocycles. The number of ether oxygens (including phenoxy) is 3. The molecule has 1 saturated heterocycles. The second-order valence-corrected chi connectivity index (χ2v) is 7.42. The van der Waals surface area contributed by atoms with E-state index in [9.17, 15) is 0 Å². The van der Waals surface area contributed by atoms with Crippen LogP contribution in [0.2, 0.25) is 0 Å². The van der Waals surface area contributed by atoms with Gasteiger partial charge in [0.15, 0.2) is 5.96 Å². The lowest BCUT2D eigenvalue weighted by molar-refractivity contribution is 0.00989. The van der Waals surface area contributed by atoms with E-state index in [2.05, 4.69) is 41.2 Å². The Kier molecular flexibility index (Phi) is 13.3. The van der Waals surface area contributed by atoms with Gasteiger partial charge in [0.05, 0.1) is 12.6 Å². The van der Waals surface area contributed by atoms with Crippen LogP contribution in [-0.2, 0) is 9.47 Å². The Bertz CT molecular complexity index is 590. The molecule has 29 heavy (non-hydrogen) atoms. The minimum absolute atomic E-state index is 0. The molecule has 1 aromatic rings. The number of nitrogens with one attached hydrogen (secondary N) is 1. The van der Waals surface area contributed by atoms with Gasteiger partial charge in [-0.1, -0.05) is 32.0 Å². The number of benzene rings is 1. The van der Waals surface area contributed by atoms with Crippen molar-refractivity contribution in [3.05, 3.63) is 29.8 Å². The maximum absolute atomic E-state index is 6.00. The average molecular weight is 519 g/mol. The van der Waals surface area contributed by atoms with Gasteiger partial charge in [0.25, 0.3) is 0 Å². The lowest BCUT2D eigenvalue weighted by Gasteiger charge is -2.34. The Morgan fingerprint density at radius 3 is 2.55 bits per heavy atom. The van der Waals surface area contributed by atoms with Crippen molar-refractivity contribution in [3.8, 4) is 5.75 Å². The van der Waals surface area contributed by atoms with Gasteiger partial charge in [-0.2, -0.15) is 0 Å². The van der Waals surface area contributed by atoms with Gasteiger partial charge in [0.2, 0.25) is 0 Å². The van der Waals surface area contributed by atoms with Crippen LogP contribution in [0.25, 0.3) is 0 Å². The van der Waals surface area contributed by atoms with Crippen LogP contribution in [0.15, 0.2) is 29.3 Å². The minimum atomic E-state index is 0. The molecule has 1 aliphatic rings. The van der Waals surface area contributed by atoms with Gasteiger partial charge in [0, 0.05) is 40.5 Å². The highest BCUT2D eigenvalue weighted by atomic mass is 127. The predicted molar refractivity (Wildman–Crippen MR) is 130 cm³/mol. The quantitative estimate of drug-likeness (QED) is 0.220. The molecule has 0 bridgehead atoms. The molecule has 7 heteroatoms. The molecule has 1 heterocycles. The Morgan fingerprint density at radius 2 is 1.90 bits per heavy atom. The van der Waals surface area contributed by atoms with E-state index < -0.39 is 0 Å². The monoisotopic (exact) mass is 519 g/mol. The number of halogens is 1. The maximum atomic E-state index is 6.00. The van der Waals surface area contributed by atoms with Crippen LogP contribution in [0.4, 0.5) is 0 Å². The normalized spacial score (nSPS) is 15.3. The molecule has 1 aliphatic heterocycles. The zero-order valence-electron chi connectivity index (χ0n) is 18.4. The molecule has 166 valence electrons. The lowest BCUT2D eigenvalue weighted by atomic mass is 10.0. The van der Waals surface area contributed by atoms with Crippen LogP contribution >= 0.6 is 24.0 Å². The SMILES string of the molecule is CN=C(NCCOc1ccccc1C(C)C)N1CCC(OCCCOC)CC1.I. The Hall–Kier alpha value is -1.06. The van der Waals surface area contributed by atoms with E-state index in [1.54, 1.807) is 7.11 Å². The number of guanidine groups is 1. The third-order valence-electron chi connectivity index (χ3n) is 4.98. The third-order valence-corrected chi connectivity index (χ3v) is 4.98. The van der Waals surface area contributed by atoms with Crippen molar-refractivity contribution < 1.29 is 14.2 Å². The van der Waals surface area contributed by atoms with Gasteiger partial charge in [-0.05, 0) is 36.8 Å². The molecular weight excluding hydrogens is 481 g/mol. The summed E-state index contributed by atoms with van der Waals surface area (Å²) in [5.74, 6) is 2.37. The first kappa shape index (κ1) is 26.0. The topological polar surface area (TPSA) is 55.3 Å². The number of hydrogen-bond donors (Lipinski definition) is 1. The summed E-state index contributed by atoms with van der Waals surface area (Å²) in [5, 5.41) is 3.43. The second kappa shape index (κ2) is 14.8. The van der Waals surface area contributed by atoms with Gasteiger partial charge < -0.3 is 24.4 Å². The second-order valence-electron chi connectivity index (χ2n) is 7.42. The van der Waals surface area contributed by atoms with Crippen molar-refractivity contribution in [2.45, 2.75) is 45.1 Å². The van der Waals surface area contributed by atoms with Crippen LogP contribution < -0.4 is 10.1 Å². The van der Waals surface area contributed by atoms with Crippen molar-refractivity contribution in [1.82, 2.24) is 10.2 Å². The van der Waals surface area contributed by atoms with E-state index >= 15 is 0 Å². The molecule has 0 unspecified atom stereocenters. The number of hydrogen-bond acceptors (Lipinski definition) is 4. The number of likely N-dealkylation sites (tertiary alicyclic amines) is 1. The van der Waals surface area contributed by atoms with Crippen molar-refractivity contribution in [1.29, 1.82) is 0 Å². The largest absolute Gasteiger partial charge is 0.491 e. The van der Waals surface area contributed by atoms with E-state index in [0.29, 0.717) is 18.6 Å². The molecule has 0 aliphatic carbocycles. The first-order chi connectivity index (χ1) is 13.7. The van der Waals surface area contributed by atoms with Gasteiger partial charge >= 0.3 is 0 Å². The molecule has 2 rings (SSSR count). The Balaban J connectivity index is 0.00000420. The molecule has 1 N–H and O–H groups in total. The minimum Gasteiger partial charge on any atom is -0.491 e. The molecule has 1 aromatic carbocycles. The van der Waals surface area contributed by atoms with Crippen LogP contribution in [0.5, 0.6) is 5.75 Å². The number of nitrogens with zero attached hydrogens (tertiary/aromatic N) is 2. The summed E-state index contributed by atoms with van der Waals surface area (Å²) < 4.78 is 17.0. The standard InChI is InChI=1S/C22H37N3O3.HI/c1-18(2)20-8-5-6-9-21(20)28-17-12-24-22(23-3)25-13-10-19(11-14-25)27-16-7-15-26-4;/h5-6,8-9,18-19H,7,10-17H2,1-4H3,(H,23,24);1H. The van der Waals surface area contributed by atoms with Gasteiger partial charge in [0.1, 0.15) is 12.4 Å². The summed E-state index contributed by atoms with van der Waals surface area (Å²) >= 11 is 0. The number of piperidine rings is 1. The molecule has 0 spiro atoms. The van der Waals surface area contributed by atoms with E-state index in [0.717, 1.165) is 63.8 Å². The number of aliphatic imine (C=N–C) groups is 1. The lowest BCUT2D eigenvalue weighted by Crippen LogP contribution is -2.47. The fraction of sp³-hybridized carbons (Fsp3) is 0.682. The molecule has 0 radical (unpaired) electrons. The first-order valence-electron chi connectivity index (χ1n) is 10.4. The van der Waals surface area contributed by atoms with Gasteiger partial charge in [-0.25, -0.2) is 0 Å².